The van der Waals surface area contributed by atoms with E-state index in [0.717, 1.165) is 16.9 Å². The highest BCUT2D eigenvalue weighted by Crippen LogP contribution is 2.29. The summed E-state index contributed by atoms with van der Waals surface area (Å²) < 4.78 is 0. The molecular formula is C15H18N2. The molecule has 0 heterocycles. The molecule has 0 bridgehead atoms. The fraction of sp³-hybridized carbons (Fsp3) is 0.200. The van der Waals surface area contributed by atoms with Crippen LogP contribution >= 0.6 is 0 Å². The topological polar surface area (TPSA) is 29.3 Å². The summed E-state index contributed by atoms with van der Waals surface area (Å²) in [4.78, 5) is 2.16. The average Bonchev–Trinajstić information content (AvgIpc) is 2.33. The number of anilines is 3. The van der Waals surface area contributed by atoms with E-state index in [0.29, 0.717) is 0 Å². The molecule has 2 aromatic carbocycles. The van der Waals surface area contributed by atoms with E-state index in [1.807, 2.05) is 12.1 Å². The van der Waals surface area contributed by atoms with Gasteiger partial charge in [-0.05, 0) is 43.7 Å². The van der Waals surface area contributed by atoms with Crippen molar-refractivity contribution in [1.82, 2.24) is 0 Å². The van der Waals surface area contributed by atoms with Crippen LogP contribution in [0.1, 0.15) is 11.1 Å². The second kappa shape index (κ2) is 4.50. The van der Waals surface area contributed by atoms with Gasteiger partial charge in [0.25, 0.3) is 0 Å². The molecule has 0 unspecified atom stereocenters. The molecule has 17 heavy (non-hydrogen) atoms. The van der Waals surface area contributed by atoms with Crippen LogP contribution in [-0.4, -0.2) is 7.05 Å². The zero-order valence-electron chi connectivity index (χ0n) is 10.6. The molecule has 0 aliphatic rings. The van der Waals surface area contributed by atoms with Crippen molar-refractivity contribution in [3.8, 4) is 0 Å². The highest BCUT2D eigenvalue weighted by molar-refractivity contribution is 5.71. The first-order valence-electron chi connectivity index (χ1n) is 5.75. The summed E-state index contributed by atoms with van der Waals surface area (Å²) in [6.07, 6.45) is 0. The lowest BCUT2D eigenvalue weighted by molar-refractivity contribution is 1.18. The molecule has 0 radical (unpaired) electrons. The lowest BCUT2D eigenvalue weighted by Gasteiger charge is -2.22. The number of benzene rings is 2. The van der Waals surface area contributed by atoms with Crippen LogP contribution in [-0.2, 0) is 0 Å². The van der Waals surface area contributed by atoms with E-state index in [9.17, 15) is 0 Å². The van der Waals surface area contributed by atoms with Crippen LogP contribution in [0.4, 0.5) is 17.1 Å². The number of nitrogens with two attached hydrogens (primary N) is 1. The predicted molar refractivity (Wildman–Crippen MR) is 74.8 cm³/mol. The maximum atomic E-state index is 5.93. The van der Waals surface area contributed by atoms with Gasteiger partial charge in [0.1, 0.15) is 0 Å². The number of nitrogens with zero attached hydrogens (tertiary/aromatic N) is 1. The molecule has 0 atom stereocenters. The molecule has 0 aliphatic carbocycles. The van der Waals surface area contributed by atoms with E-state index in [-0.39, 0.29) is 0 Å². The van der Waals surface area contributed by atoms with Crippen molar-refractivity contribution in [2.75, 3.05) is 17.7 Å². The van der Waals surface area contributed by atoms with E-state index < -0.39 is 0 Å². The van der Waals surface area contributed by atoms with Crippen molar-refractivity contribution in [1.29, 1.82) is 0 Å². The summed E-state index contributed by atoms with van der Waals surface area (Å²) in [6, 6.07) is 14.5. The Hall–Kier alpha value is -1.96. The zero-order valence-corrected chi connectivity index (χ0v) is 10.6. The highest BCUT2D eigenvalue weighted by atomic mass is 15.1. The molecule has 2 aromatic rings. The molecule has 0 aliphatic heterocycles. The van der Waals surface area contributed by atoms with Gasteiger partial charge in [0, 0.05) is 24.1 Å². The third-order valence-electron chi connectivity index (χ3n) is 3.13. The van der Waals surface area contributed by atoms with Crippen LogP contribution < -0.4 is 10.6 Å². The maximum Gasteiger partial charge on any atom is 0.0458 e. The molecular weight excluding hydrogens is 208 g/mol. The van der Waals surface area contributed by atoms with Gasteiger partial charge in [-0.3, -0.25) is 0 Å². The van der Waals surface area contributed by atoms with Gasteiger partial charge >= 0.3 is 0 Å². The van der Waals surface area contributed by atoms with Gasteiger partial charge in [0.15, 0.2) is 0 Å². The third kappa shape index (κ3) is 2.26. The molecule has 88 valence electrons. The fourth-order valence-electron chi connectivity index (χ4n) is 1.91. The van der Waals surface area contributed by atoms with Gasteiger partial charge in [-0.25, -0.2) is 0 Å². The molecule has 0 aromatic heterocycles. The highest BCUT2D eigenvalue weighted by Gasteiger charge is 2.07. The summed E-state index contributed by atoms with van der Waals surface area (Å²) in [6.45, 7) is 4.14. The first kappa shape index (κ1) is 11.5. The Morgan fingerprint density at radius 2 is 1.59 bits per heavy atom. The van der Waals surface area contributed by atoms with Crippen LogP contribution in [0.25, 0.3) is 0 Å². The second-order valence-electron chi connectivity index (χ2n) is 4.39. The van der Waals surface area contributed by atoms with E-state index in [1.54, 1.807) is 0 Å². The van der Waals surface area contributed by atoms with Crippen molar-refractivity contribution in [2.45, 2.75) is 13.8 Å². The zero-order chi connectivity index (χ0) is 12.4. The Labute approximate surface area is 103 Å². The van der Waals surface area contributed by atoms with Gasteiger partial charge in [-0.1, -0.05) is 23.8 Å². The minimum absolute atomic E-state index is 0.835. The first-order valence-corrected chi connectivity index (χ1v) is 5.75. The number of rotatable bonds is 2. The SMILES string of the molecule is Cc1ccc(N(C)c2cccc(N)c2C)cc1. The van der Waals surface area contributed by atoms with Crippen LogP contribution in [0, 0.1) is 13.8 Å². The second-order valence-corrected chi connectivity index (χ2v) is 4.39. The smallest absolute Gasteiger partial charge is 0.0458 e. The van der Waals surface area contributed by atoms with Gasteiger partial charge < -0.3 is 10.6 Å². The number of hydrogen-bond donors (Lipinski definition) is 1. The normalized spacial score (nSPS) is 10.3. The molecule has 2 rings (SSSR count). The average molecular weight is 226 g/mol. The van der Waals surface area contributed by atoms with Crippen molar-refractivity contribution in [3.05, 3.63) is 53.6 Å². The third-order valence-corrected chi connectivity index (χ3v) is 3.13. The van der Waals surface area contributed by atoms with E-state index in [2.05, 4.69) is 56.1 Å². The van der Waals surface area contributed by atoms with E-state index in [1.165, 1.54) is 11.3 Å². The van der Waals surface area contributed by atoms with Crippen molar-refractivity contribution in [2.24, 2.45) is 0 Å². The minimum atomic E-state index is 0.835. The molecule has 0 amide bonds. The number of aryl methyl sites for hydroxylation is 1. The van der Waals surface area contributed by atoms with Crippen LogP contribution in [0.5, 0.6) is 0 Å². The van der Waals surface area contributed by atoms with Crippen molar-refractivity contribution in [3.63, 3.8) is 0 Å². The van der Waals surface area contributed by atoms with Crippen molar-refractivity contribution >= 4 is 17.1 Å². The van der Waals surface area contributed by atoms with E-state index >= 15 is 0 Å². The Morgan fingerprint density at radius 1 is 0.941 bits per heavy atom. The summed E-state index contributed by atoms with van der Waals surface area (Å²) in [5.74, 6) is 0. The standard InChI is InChI=1S/C15H18N2/c1-11-7-9-13(10-8-11)17(3)15-6-4-5-14(16)12(15)2/h4-10H,16H2,1-3H3. The Bertz CT molecular complexity index is 515. The van der Waals surface area contributed by atoms with Gasteiger partial charge in [-0.2, -0.15) is 0 Å². The Morgan fingerprint density at radius 3 is 2.24 bits per heavy atom. The molecule has 0 saturated carbocycles. The van der Waals surface area contributed by atoms with Crippen LogP contribution in [0.3, 0.4) is 0 Å². The summed E-state index contributed by atoms with van der Waals surface area (Å²) >= 11 is 0. The lowest BCUT2D eigenvalue weighted by Crippen LogP contribution is -2.11. The summed E-state index contributed by atoms with van der Waals surface area (Å²) in [5, 5.41) is 0. The maximum absolute atomic E-state index is 5.93. The monoisotopic (exact) mass is 226 g/mol. The molecule has 0 saturated heterocycles. The minimum Gasteiger partial charge on any atom is -0.398 e. The summed E-state index contributed by atoms with van der Waals surface area (Å²) in [7, 11) is 2.06. The van der Waals surface area contributed by atoms with E-state index in [4.69, 9.17) is 5.73 Å². The molecule has 2 N–H and O–H groups in total. The first-order chi connectivity index (χ1) is 8.09. The van der Waals surface area contributed by atoms with Crippen molar-refractivity contribution < 1.29 is 0 Å². The van der Waals surface area contributed by atoms with Gasteiger partial charge in [0.2, 0.25) is 0 Å². The lowest BCUT2D eigenvalue weighted by atomic mass is 10.1. The molecule has 0 fully saturated rings. The van der Waals surface area contributed by atoms with Crippen LogP contribution in [0.2, 0.25) is 0 Å². The molecule has 2 nitrogen and oxygen atoms in total. The Balaban J connectivity index is 2.40. The summed E-state index contributed by atoms with van der Waals surface area (Å²) in [5.41, 5.74) is 11.5. The number of nitrogen functional groups attached to an aromatic ring is 1. The van der Waals surface area contributed by atoms with Crippen LogP contribution in [0.15, 0.2) is 42.5 Å². The fourth-order valence-corrected chi connectivity index (χ4v) is 1.91. The molecule has 0 spiro atoms. The van der Waals surface area contributed by atoms with Gasteiger partial charge in [-0.15, -0.1) is 0 Å². The number of hydrogen-bond acceptors (Lipinski definition) is 2. The Kier molecular flexibility index (Phi) is 3.05. The predicted octanol–water partition coefficient (Wildman–Crippen LogP) is 3.65. The van der Waals surface area contributed by atoms with Gasteiger partial charge in [0.05, 0.1) is 0 Å². The largest absolute Gasteiger partial charge is 0.398 e. The molecule has 2 heteroatoms. The quantitative estimate of drug-likeness (QED) is 0.792.